The molecule has 0 radical (unpaired) electrons. The van der Waals surface area contributed by atoms with Gasteiger partial charge < -0.3 is 10.2 Å². The van der Waals surface area contributed by atoms with Gasteiger partial charge in [0.15, 0.2) is 0 Å². The van der Waals surface area contributed by atoms with Crippen LogP contribution in [0, 0.1) is 5.82 Å². The summed E-state index contributed by atoms with van der Waals surface area (Å²) < 4.78 is 13.6. The van der Waals surface area contributed by atoms with Gasteiger partial charge in [-0.3, -0.25) is 0 Å². The van der Waals surface area contributed by atoms with E-state index in [4.69, 9.17) is 0 Å². The molecule has 1 N–H and O–H groups in total. The number of anilines is 1. The van der Waals surface area contributed by atoms with Crippen LogP contribution >= 0.6 is 0 Å². The number of hydrogen-bond donors (Lipinski definition) is 1. The van der Waals surface area contributed by atoms with Gasteiger partial charge in [0.2, 0.25) is 0 Å². The molecule has 0 spiro atoms. The largest absolute Gasteiger partial charge is 0.369 e. The van der Waals surface area contributed by atoms with E-state index in [1.807, 2.05) is 19.2 Å². The molecule has 0 atom stereocenters. The molecular formula is C13H19FN2. The molecule has 1 aromatic rings. The van der Waals surface area contributed by atoms with Gasteiger partial charge in [-0.05, 0) is 38.9 Å². The molecule has 1 fully saturated rings. The number of piperidine rings is 1. The van der Waals surface area contributed by atoms with Crippen LogP contribution in [0.2, 0.25) is 0 Å². The maximum absolute atomic E-state index is 13.6. The van der Waals surface area contributed by atoms with Crippen molar-refractivity contribution in [1.82, 2.24) is 5.32 Å². The minimum atomic E-state index is -0.115. The molecule has 3 heteroatoms. The van der Waals surface area contributed by atoms with Crippen LogP contribution in [0.15, 0.2) is 24.3 Å². The number of rotatable bonds is 2. The summed E-state index contributed by atoms with van der Waals surface area (Å²) in [7, 11) is 2.00. The summed E-state index contributed by atoms with van der Waals surface area (Å²) in [6, 6.07) is 7.02. The second-order valence-corrected chi connectivity index (χ2v) is 4.75. The average molecular weight is 222 g/mol. The smallest absolute Gasteiger partial charge is 0.146 e. The first-order valence-corrected chi connectivity index (χ1v) is 5.83. The molecule has 0 bridgehead atoms. The van der Waals surface area contributed by atoms with Crippen molar-refractivity contribution in [2.45, 2.75) is 25.3 Å². The fraction of sp³-hybridized carbons (Fsp3) is 0.538. The van der Waals surface area contributed by atoms with Crippen LogP contribution in [-0.2, 0) is 0 Å². The van der Waals surface area contributed by atoms with E-state index < -0.39 is 0 Å². The Labute approximate surface area is 96.5 Å². The van der Waals surface area contributed by atoms with Crippen molar-refractivity contribution in [3.8, 4) is 0 Å². The van der Waals surface area contributed by atoms with E-state index in [1.165, 1.54) is 6.07 Å². The number of nitrogens with one attached hydrogen (secondary N) is 1. The van der Waals surface area contributed by atoms with Gasteiger partial charge in [0.1, 0.15) is 5.82 Å². The Morgan fingerprint density at radius 3 is 2.44 bits per heavy atom. The van der Waals surface area contributed by atoms with Gasteiger partial charge in [-0.1, -0.05) is 12.1 Å². The lowest BCUT2D eigenvalue weighted by Gasteiger charge is -2.40. The van der Waals surface area contributed by atoms with Gasteiger partial charge in [-0.15, -0.1) is 0 Å². The summed E-state index contributed by atoms with van der Waals surface area (Å²) in [5, 5.41) is 3.35. The van der Waals surface area contributed by atoms with Crippen molar-refractivity contribution in [3.63, 3.8) is 0 Å². The fourth-order valence-electron chi connectivity index (χ4n) is 2.20. The third-order valence-electron chi connectivity index (χ3n) is 3.66. The molecule has 0 aromatic heterocycles. The van der Waals surface area contributed by atoms with Crippen molar-refractivity contribution >= 4 is 5.69 Å². The zero-order valence-corrected chi connectivity index (χ0v) is 9.96. The monoisotopic (exact) mass is 222 g/mol. The van der Waals surface area contributed by atoms with Gasteiger partial charge in [-0.25, -0.2) is 4.39 Å². The number of hydrogen-bond acceptors (Lipinski definition) is 2. The lowest BCUT2D eigenvalue weighted by molar-refractivity contribution is 0.304. The zero-order valence-electron chi connectivity index (χ0n) is 9.96. The number of halogens is 1. The molecule has 0 saturated carbocycles. The highest BCUT2D eigenvalue weighted by Crippen LogP contribution is 2.27. The van der Waals surface area contributed by atoms with Crippen molar-refractivity contribution in [3.05, 3.63) is 30.1 Å². The molecule has 16 heavy (non-hydrogen) atoms. The number of para-hydroxylation sites is 1. The highest BCUT2D eigenvalue weighted by Gasteiger charge is 2.28. The minimum absolute atomic E-state index is 0.115. The van der Waals surface area contributed by atoms with E-state index in [1.54, 1.807) is 6.07 Å². The van der Waals surface area contributed by atoms with Gasteiger partial charge >= 0.3 is 0 Å². The minimum Gasteiger partial charge on any atom is -0.369 e. The van der Waals surface area contributed by atoms with Crippen LogP contribution in [0.1, 0.15) is 19.8 Å². The molecule has 0 amide bonds. The second-order valence-electron chi connectivity index (χ2n) is 4.75. The van der Waals surface area contributed by atoms with Crippen LogP contribution in [0.5, 0.6) is 0 Å². The van der Waals surface area contributed by atoms with Crippen LogP contribution in [0.4, 0.5) is 10.1 Å². The first-order chi connectivity index (χ1) is 7.64. The average Bonchev–Trinajstić information content (AvgIpc) is 2.31. The first kappa shape index (κ1) is 11.4. The number of nitrogens with zero attached hydrogens (tertiary/aromatic N) is 1. The predicted octanol–water partition coefficient (Wildman–Crippen LogP) is 2.40. The topological polar surface area (TPSA) is 15.3 Å². The van der Waals surface area contributed by atoms with Crippen molar-refractivity contribution < 1.29 is 4.39 Å². The maximum atomic E-state index is 13.6. The molecule has 1 heterocycles. The SMILES string of the molecule is CNC1(C)CCN(c2ccccc2F)CC1. The molecule has 0 aliphatic carbocycles. The van der Waals surface area contributed by atoms with E-state index in [0.29, 0.717) is 0 Å². The van der Waals surface area contributed by atoms with Gasteiger partial charge in [0.25, 0.3) is 0 Å². The molecule has 1 aromatic carbocycles. The Hall–Kier alpha value is -1.09. The van der Waals surface area contributed by atoms with E-state index >= 15 is 0 Å². The lowest BCUT2D eigenvalue weighted by Crippen LogP contribution is -2.50. The van der Waals surface area contributed by atoms with E-state index in [-0.39, 0.29) is 11.4 Å². The second kappa shape index (κ2) is 4.42. The summed E-state index contributed by atoms with van der Waals surface area (Å²) >= 11 is 0. The normalized spacial score (nSPS) is 19.8. The molecule has 1 saturated heterocycles. The van der Waals surface area contributed by atoms with Crippen LogP contribution in [0.25, 0.3) is 0 Å². The first-order valence-electron chi connectivity index (χ1n) is 5.83. The van der Waals surface area contributed by atoms with E-state index in [2.05, 4.69) is 17.1 Å². The molecule has 88 valence electrons. The third-order valence-corrected chi connectivity index (χ3v) is 3.66. The van der Waals surface area contributed by atoms with Crippen LogP contribution in [0.3, 0.4) is 0 Å². The Balaban J connectivity index is 2.07. The summed E-state index contributed by atoms with van der Waals surface area (Å²) in [5.74, 6) is -0.115. The predicted molar refractivity (Wildman–Crippen MR) is 65.3 cm³/mol. The Bertz CT molecular complexity index is 357. The van der Waals surface area contributed by atoms with Crippen molar-refractivity contribution in [2.24, 2.45) is 0 Å². The van der Waals surface area contributed by atoms with Crippen LogP contribution < -0.4 is 10.2 Å². The summed E-state index contributed by atoms with van der Waals surface area (Å²) in [4.78, 5) is 2.13. The molecule has 1 aliphatic rings. The van der Waals surface area contributed by atoms with Crippen molar-refractivity contribution in [2.75, 3.05) is 25.0 Å². The van der Waals surface area contributed by atoms with E-state index in [9.17, 15) is 4.39 Å². The third kappa shape index (κ3) is 2.19. The maximum Gasteiger partial charge on any atom is 0.146 e. The molecular weight excluding hydrogens is 203 g/mol. The summed E-state index contributed by atoms with van der Waals surface area (Å²) in [6.45, 7) is 4.06. The molecule has 1 aliphatic heterocycles. The van der Waals surface area contributed by atoms with Crippen molar-refractivity contribution in [1.29, 1.82) is 0 Å². The quantitative estimate of drug-likeness (QED) is 0.826. The number of benzene rings is 1. The Morgan fingerprint density at radius 2 is 1.88 bits per heavy atom. The van der Waals surface area contributed by atoms with E-state index in [0.717, 1.165) is 31.6 Å². The summed E-state index contributed by atoms with van der Waals surface area (Å²) in [5.41, 5.74) is 0.947. The fourth-order valence-corrected chi connectivity index (χ4v) is 2.20. The Morgan fingerprint density at radius 1 is 1.25 bits per heavy atom. The highest BCUT2D eigenvalue weighted by atomic mass is 19.1. The van der Waals surface area contributed by atoms with Crippen LogP contribution in [-0.4, -0.2) is 25.7 Å². The van der Waals surface area contributed by atoms with Gasteiger partial charge in [-0.2, -0.15) is 0 Å². The standard InChI is InChI=1S/C13H19FN2/c1-13(15-2)7-9-16(10-8-13)12-6-4-3-5-11(12)14/h3-6,15H,7-10H2,1-2H3. The summed E-state index contributed by atoms with van der Waals surface area (Å²) in [6.07, 6.45) is 2.11. The van der Waals surface area contributed by atoms with Gasteiger partial charge in [0, 0.05) is 18.6 Å². The molecule has 2 rings (SSSR count). The molecule has 2 nitrogen and oxygen atoms in total. The highest BCUT2D eigenvalue weighted by molar-refractivity contribution is 5.48. The zero-order chi connectivity index (χ0) is 11.6. The molecule has 0 unspecified atom stereocenters. The lowest BCUT2D eigenvalue weighted by atomic mass is 9.89. The Kier molecular flexibility index (Phi) is 3.15. The van der Waals surface area contributed by atoms with Gasteiger partial charge in [0.05, 0.1) is 5.69 Å².